The molecule has 2 nitrogen and oxygen atoms in total. The number of nitrogens with zero attached hydrogens (tertiary/aromatic N) is 1. The quantitative estimate of drug-likeness (QED) is 0.843. The van der Waals surface area contributed by atoms with Crippen molar-refractivity contribution in [3.05, 3.63) is 35.3 Å². The van der Waals surface area contributed by atoms with Gasteiger partial charge in [0.25, 0.3) is 0 Å². The maximum Gasteiger partial charge on any atom is 0.460 e. The maximum absolute atomic E-state index is 13.1. The summed E-state index contributed by atoms with van der Waals surface area (Å²) in [7, 11) is 0. The molecule has 0 saturated carbocycles. The van der Waals surface area contributed by atoms with Crippen LogP contribution in [0.2, 0.25) is 0 Å². The monoisotopic (exact) mass is 295 g/mol. The lowest BCUT2D eigenvalue weighted by Crippen LogP contribution is -2.33. The van der Waals surface area contributed by atoms with Crippen molar-refractivity contribution in [2.75, 3.05) is 0 Å². The van der Waals surface area contributed by atoms with E-state index < -0.39 is 23.0 Å². The van der Waals surface area contributed by atoms with Gasteiger partial charge in [0, 0.05) is 0 Å². The number of hydrogen-bond donors (Lipinski definition) is 1. The van der Waals surface area contributed by atoms with E-state index in [2.05, 4.69) is 4.98 Å². The van der Waals surface area contributed by atoms with Crippen LogP contribution in [0.25, 0.3) is 10.4 Å². The van der Waals surface area contributed by atoms with E-state index in [4.69, 9.17) is 0 Å². The summed E-state index contributed by atoms with van der Waals surface area (Å²) in [4.78, 5) is 2.80. The van der Waals surface area contributed by atoms with Crippen LogP contribution in [-0.2, 0) is 5.92 Å². The third kappa shape index (κ3) is 2.40. The molecule has 0 saturated heterocycles. The molecule has 1 aromatic heterocycles. The number of halogens is 5. The summed E-state index contributed by atoms with van der Waals surface area (Å²) in [5, 5.41) is 7.94. The van der Waals surface area contributed by atoms with Crippen molar-refractivity contribution in [3.63, 3.8) is 0 Å². The fraction of sp³-hybridized carbons (Fsp3) is 0.182. The topological polar surface area (TPSA) is 33.1 Å². The van der Waals surface area contributed by atoms with Crippen LogP contribution in [0.3, 0.4) is 0 Å². The Balaban J connectivity index is 2.49. The molecule has 0 radical (unpaired) electrons. The van der Waals surface area contributed by atoms with Gasteiger partial charge in [-0.1, -0.05) is 30.3 Å². The zero-order valence-corrected chi connectivity index (χ0v) is 9.90. The van der Waals surface area contributed by atoms with E-state index in [0.29, 0.717) is 5.56 Å². The first-order valence-corrected chi connectivity index (χ1v) is 5.75. The molecule has 0 amide bonds. The van der Waals surface area contributed by atoms with Crippen LogP contribution in [-0.4, -0.2) is 16.3 Å². The van der Waals surface area contributed by atoms with Crippen LogP contribution >= 0.6 is 11.3 Å². The Morgan fingerprint density at radius 3 is 2.11 bits per heavy atom. The highest BCUT2D eigenvalue weighted by Crippen LogP contribution is 2.48. The first-order valence-electron chi connectivity index (χ1n) is 4.93. The lowest BCUT2D eigenvalue weighted by Gasteiger charge is -2.16. The average Bonchev–Trinajstić information content (AvgIpc) is 2.71. The molecule has 1 aromatic carbocycles. The van der Waals surface area contributed by atoms with Gasteiger partial charge in [-0.3, -0.25) is 0 Å². The summed E-state index contributed by atoms with van der Waals surface area (Å²) in [6, 6.07) is 7.73. The number of aromatic nitrogens is 1. The van der Waals surface area contributed by atoms with Gasteiger partial charge in [0.2, 0.25) is 5.88 Å². The molecule has 19 heavy (non-hydrogen) atoms. The molecule has 0 aliphatic heterocycles. The Hall–Kier alpha value is -1.70. The molecule has 0 spiro atoms. The van der Waals surface area contributed by atoms with Gasteiger partial charge in [0.15, 0.2) is 5.01 Å². The van der Waals surface area contributed by atoms with Crippen LogP contribution in [0.1, 0.15) is 5.01 Å². The molecular weight excluding hydrogens is 289 g/mol. The van der Waals surface area contributed by atoms with E-state index in [-0.39, 0.29) is 16.2 Å². The predicted molar refractivity (Wildman–Crippen MR) is 59.2 cm³/mol. The molecular formula is C11H6F5NOS. The second-order valence-corrected chi connectivity index (χ2v) is 4.61. The van der Waals surface area contributed by atoms with Crippen LogP contribution in [0.5, 0.6) is 5.88 Å². The van der Waals surface area contributed by atoms with Crippen molar-refractivity contribution in [3.8, 4) is 16.3 Å². The molecule has 2 rings (SSSR count). The number of thiazole rings is 1. The van der Waals surface area contributed by atoms with Crippen molar-refractivity contribution in [1.82, 2.24) is 4.98 Å². The summed E-state index contributed by atoms with van der Waals surface area (Å²) in [6.45, 7) is 0. The number of hydrogen-bond acceptors (Lipinski definition) is 3. The fourth-order valence-electron chi connectivity index (χ4n) is 1.35. The Labute approximate surface area is 108 Å². The van der Waals surface area contributed by atoms with Gasteiger partial charge < -0.3 is 5.11 Å². The first-order chi connectivity index (χ1) is 8.73. The Morgan fingerprint density at radius 2 is 1.58 bits per heavy atom. The Morgan fingerprint density at radius 1 is 1.00 bits per heavy atom. The molecule has 0 fully saturated rings. The molecule has 2 aromatic rings. The van der Waals surface area contributed by atoms with E-state index in [1.807, 2.05) is 0 Å². The number of benzene rings is 1. The van der Waals surface area contributed by atoms with E-state index in [1.165, 1.54) is 12.1 Å². The van der Waals surface area contributed by atoms with Crippen molar-refractivity contribution >= 4 is 11.3 Å². The van der Waals surface area contributed by atoms with Gasteiger partial charge in [0.05, 0.1) is 4.88 Å². The Bertz CT molecular complexity index is 579. The summed E-state index contributed by atoms with van der Waals surface area (Å²) in [6.07, 6.45) is -5.74. The van der Waals surface area contributed by atoms with Gasteiger partial charge in [-0.2, -0.15) is 26.9 Å². The van der Waals surface area contributed by atoms with Crippen molar-refractivity contribution < 1.29 is 27.1 Å². The molecule has 8 heteroatoms. The number of rotatable bonds is 2. The van der Waals surface area contributed by atoms with Crippen LogP contribution < -0.4 is 0 Å². The molecule has 102 valence electrons. The second kappa shape index (κ2) is 4.44. The van der Waals surface area contributed by atoms with E-state index >= 15 is 0 Å². The summed E-state index contributed by atoms with van der Waals surface area (Å²) in [5.74, 6) is -5.92. The minimum Gasteiger partial charge on any atom is -0.492 e. The highest BCUT2D eigenvalue weighted by molar-refractivity contribution is 7.15. The van der Waals surface area contributed by atoms with Crippen molar-refractivity contribution in [1.29, 1.82) is 0 Å². The molecule has 0 aliphatic carbocycles. The largest absolute Gasteiger partial charge is 0.492 e. The van der Waals surface area contributed by atoms with Crippen LogP contribution in [0.15, 0.2) is 30.3 Å². The zero-order chi connectivity index (χ0) is 14.3. The van der Waals surface area contributed by atoms with Crippen molar-refractivity contribution in [2.24, 2.45) is 0 Å². The minimum atomic E-state index is -5.74. The minimum absolute atomic E-state index is 0.115. The highest BCUT2D eigenvalue weighted by Gasteiger charge is 2.61. The fourth-order valence-corrected chi connectivity index (χ4v) is 2.31. The standard InChI is InChI=1S/C11H6F5NOS/c12-10(13,11(14,15)16)9-17-8(18)7(19-9)6-4-2-1-3-5-6/h1-5,18H. The van der Waals surface area contributed by atoms with Crippen molar-refractivity contribution in [2.45, 2.75) is 12.1 Å². The van der Waals surface area contributed by atoms with E-state index in [0.717, 1.165) is 0 Å². The summed E-state index contributed by atoms with van der Waals surface area (Å²) in [5.41, 5.74) is 0.321. The maximum atomic E-state index is 13.1. The Kier molecular flexibility index (Phi) is 3.21. The average molecular weight is 295 g/mol. The zero-order valence-electron chi connectivity index (χ0n) is 9.08. The molecule has 0 bridgehead atoms. The van der Waals surface area contributed by atoms with Crippen LogP contribution in [0.4, 0.5) is 22.0 Å². The molecule has 0 atom stereocenters. The number of alkyl halides is 5. The summed E-state index contributed by atoms with van der Waals surface area (Å²) >= 11 is 0.115. The SMILES string of the molecule is Oc1nc(C(F)(F)C(F)(F)F)sc1-c1ccccc1. The summed E-state index contributed by atoms with van der Waals surface area (Å²) < 4.78 is 62.8. The van der Waals surface area contributed by atoms with Gasteiger partial charge >= 0.3 is 12.1 Å². The van der Waals surface area contributed by atoms with Gasteiger partial charge in [-0.15, -0.1) is 11.3 Å². The smallest absolute Gasteiger partial charge is 0.460 e. The first kappa shape index (κ1) is 13.7. The van der Waals surface area contributed by atoms with E-state index in [9.17, 15) is 27.1 Å². The highest BCUT2D eigenvalue weighted by atomic mass is 32.1. The van der Waals surface area contributed by atoms with E-state index in [1.54, 1.807) is 18.2 Å². The van der Waals surface area contributed by atoms with Gasteiger partial charge in [0.1, 0.15) is 0 Å². The van der Waals surface area contributed by atoms with Gasteiger partial charge in [-0.05, 0) is 5.56 Å². The normalized spacial score (nSPS) is 12.7. The molecule has 0 unspecified atom stereocenters. The second-order valence-electron chi connectivity index (χ2n) is 3.61. The lowest BCUT2D eigenvalue weighted by molar-refractivity contribution is -0.289. The third-order valence-corrected chi connectivity index (χ3v) is 3.43. The third-order valence-electron chi connectivity index (χ3n) is 2.27. The lowest BCUT2D eigenvalue weighted by atomic mass is 10.2. The predicted octanol–water partition coefficient (Wildman–Crippen LogP) is 4.17. The van der Waals surface area contributed by atoms with Gasteiger partial charge in [-0.25, -0.2) is 0 Å². The number of aromatic hydroxyl groups is 1. The van der Waals surface area contributed by atoms with Crippen LogP contribution in [0, 0.1) is 0 Å². The molecule has 1 N–H and O–H groups in total. The molecule has 1 heterocycles. The molecule has 0 aliphatic rings.